The smallest absolute Gasteiger partial charge is 0.411 e. The van der Waals surface area contributed by atoms with Crippen LogP contribution in [0.5, 0.6) is 5.75 Å². The van der Waals surface area contributed by atoms with E-state index in [2.05, 4.69) is 0 Å². The van der Waals surface area contributed by atoms with E-state index in [0.717, 1.165) is 0 Å². The number of allylic oxidation sites excluding steroid dienone is 2. The van der Waals surface area contributed by atoms with E-state index in [4.69, 9.17) is 24.7 Å². The van der Waals surface area contributed by atoms with Crippen LogP contribution < -0.4 is 10.5 Å². The van der Waals surface area contributed by atoms with E-state index in [9.17, 15) is 23.2 Å². The van der Waals surface area contributed by atoms with E-state index in [1.165, 1.54) is 33.3 Å². The van der Waals surface area contributed by atoms with Gasteiger partial charge in [0.2, 0.25) is 5.88 Å². The van der Waals surface area contributed by atoms with Crippen molar-refractivity contribution in [1.82, 2.24) is 0 Å². The number of ether oxygens (including phenoxy) is 4. The number of nitrogens with zero attached hydrogens (tertiary/aromatic N) is 1. The molecule has 0 aliphatic carbocycles. The summed E-state index contributed by atoms with van der Waals surface area (Å²) in [4.78, 5) is 12.3. The number of esters is 1. The van der Waals surface area contributed by atoms with Crippen LogP contribution in [-0.2, 0) is 25.6 Å². The van der Waals surface area contributed by atoms with Crippen LogP contribution in [0.2, 0.25) is 0 Å². The number of rotatable bonds is 6. The summed E-state index contributed by atoms with van der Waals surface area (Å²) in [5.41, 5.74) is 6.56. The third-order valence-electron chi connectivity index (χ3n) is 4.17. The first kappa shape index (κ1) is 22.1. The molecule has 0 saturated heterocycles. The van der Waals surface area contributed by atoms with Crippen molar-refractivity contribution in [2.45, 2.75) is 25.6 Å². The molecule has 1 atom stereocenters. The first-order valence-corrected chi connectivity index (χ1v) is 8.30. The second kappa shape index (κ2) is 8.87. The van der Waals surface area contributed by atoms with Gasteiger partial charge in [0, 0.05) is 5.56 Å². The van der Waals surface area contributed by atoms with Crippen molar-refractivity contribution in [3.8, 4) is 11.8 Å². The van der Waals surface area contributed by atoms with Gasteiger partial charge in [-0.1, -0.05) is 6.07 Å². The lowest BCUT2D eigenvalue weighted by molar-refractivity contribution is -0.176. The number of methoxy groups -OCH3 is 2. The largest absolute Gasteiger partial charge is 0.496 e. The molecule has 2 rings (SSSR count). The number of hydrogen-bond acceptors (Lipinski definition) is 7. The fourth-order valence-electron chi connectivity index (χ4n) is 2.96. The SMILES string of the molecule is COC(=O)C1=C(C)OC(N)=C(C#N)C1c1ccc(OC)c(COCC(F)(F)F)c1. The van der Waals surface area contributed by atoms with Gasteiger partial charge in [-0.2, -0.15) is 18.4 Å². The molecule has 1 unspecified atom stereocenters. The number of hydrogen-bond donors (Lipinski definition) is 1. The number of benzene rings is 1. The molecule has 29 heavy (non-hydrogen) atoms. The van der Waals surface area contributed by atoms with Gasteiger partial charge in [0.05, 0.1) is 32.3 Å². The molecule has 7 nitrogen and oxygen atoms in total. The Morgan fingerprint density at radius 3 is 2.59 bits per heavy atom. The highest BCUT2D eigenvalue weighted by atomic mass is 19.4. The van der Waals surface area contributed by atoms with Gasteiger partial charge in [0.15, 0.2) is 0 Å². The Balaban J connectivity index is 2.51. The maximum atomic E-state index is 12.4. The van der Waals surface area contributed by atoms with Crippen LogP contribution in [0.1, 0.15) is 24.0 Å². The van der Waals surface area contributed by atoms with Crippen molar-refractivity contribution >= 4 is 5.97 Å². The maximum absolute atomic E-state index is 12.4. The average molecular weight is 412 g/mol. The number of halogens is 3. The second-order valence-electron chi connectivity index (χ2n) is 6.07. The molecule has 2 N–H and O–H groups in total. The van der Waals surface area contributed by atoms with Crippen LogP contribution in [0.4, 0.5) is 13.2 Å². The minimum absolute atomic E-state index is 0.0247. The molecule has 0 radical (unpaired) electrons. The quantitative estimate of drug-likeness (QED) is 0.716. The van der Waals surface area contributed by atoms with Crippen LogP contribution in [0.25, 0.3) is 0 Å². The third-order valence-corrected chi connectivity index (χ3v) is 4.17. The lowest BCUT2D eigenvalue weighted by Crippen LogP contribution is -2.25. The summed E-state index contributed by atoms with van der Waals surface area (Å²) < 4.78 is 57.2. The molecule has 1 aromatic rings. The highest BCUT2D eigenvalue weighted by Crippen LogP contribution is 2.40. The molecule has 0 amide bonds. The Hall–Kier alpha value is -3.19. The number of alkyl halides is 3. The standard InChI is InChI=1S/C19H19F3N2O5/c1-10-15(18(25)27-3)16(13(7-23)17(24)29-10)11-4-5-14(26-2)12(6-11)8-28-9-19(20,21)22/h4-6,16H,8-9,24H2,1-3H3. The van der Waals surface area contributed by atoms with Crippen LogP contribution >= 0.6 is 0 Å². The Morgan fingerprint density at radius 1 is 1.34 bits per heavy atom. The molecular formula is C19H19F3N2O5. The summed E-state index contributed by atoms with van der Waals surface area (Å²) in [6.07, 6.45) is -4.48. The van der Waals surface area contributed by atoms with Gasteiger partial charge in [-0.25, -0.2) is 4.79 Å². The number of carbonyl (C=O) groups excluding carboxylic acids is 1. The normalized spacial score (nSPS) is 16.9. The summed E-state index contributed by atoms with van der Waals surface area (Å²) in [5, 5.41) is 9.54. The van der Waals surface area contributed by atoms with Crippen LogP contribution in [0.3, 0.4) is 0 Å². The summed E-state index contributed by atoms with van der Waals surface area (Å²) in [5.74, 6) is -1.37. The zero-order valence-corrected chi connectivity index (χ0v) is 15.9. The summed E-state index contributed by atoms with van der Waals surface area (Å²) in [7, 11) is 2.54. The van der Waals surface area contributed by atoms with Gasteiger partial charge in [-0.15, -0.1) is 0 Å². The van der Waals surface area contributed by atoms with Crippen molar-refractivity contribution in [1.29, 1.82) is 5.26 Å². The lowest BCUT2D eigenvalue weighted by Gasteiger charge is -2.27. The van der Waals surface area contributed by atoms with E-state index in [-0.39, 0.29) is 22.8 Å². The monoisotopic (exact) mass is 412 g/mol. The summed E-state index contributed by atoms with van der Waals surface area (Å²) >= 11 is 0. The molecule has 1 aromatic carbocycles. The number of nitrogens with two attached hydrogens (primary N) is 1. The van der Waals surface area contributed by atoms with Gasteiger partial charge in [0.1, 0.15) is 29.8 Å². The molecule has 1 aliphatic heterocycles. The first-order chi connectivity index (χ1) is 13.6. The molecule has 0 spiro atoms. The van der Waals surface area contributed by atoms with Crippen molar-refractivity contribution in [3.05, 3.63) is 52.1 Å². The Morgan fingerprint density at radius 2 is 2.03 bits per heavy atom. The number of nitriles is 1. The van der Waals surface area contributed by atoms with Crippen molar-refractivity contribution < 1.29 is 36.9 Å². The van der Waals surface area contributed by atoms with Crippen molar-refractivity contribution in [2.24, 2.45) is 5.73 Å². The molecule has 0 bridgehead atoms. The molecule has 0 aromatic heterocycles. The Labute approximate surface area is 165 Å². The molecule has 0 fully saturated rings. The van der Waals surface area contributed by atoms with Crippen LogP contribution in [0.15, 0.2) is 41.0 Å². The van der Waals surface area contributed by atoms with Gasteiger partial charge in [-0.05, 0) is 24.6 Å². The van der Waals surface area contributed by atoms with Gasteiger partial charge in [-0.3, -0.25) is 0 Å². The molecule has 1 aliphatic rings. The predicted octanol–water partition coefficient (Wildman–Crippen LogP) is 3.03. The predicted molar refractivity (Wildman–Crippen MR) is 94.1 cm³/mol. The van der Waals surface area contributed by atoms with Gasteiger partial charge >= 0.3 is 12.1 Å². The zero-order chi connectivity index (χ0) is 21.8. The zero-order valence-electron chi connectivity index (χ0n) is 15.9. The molecule has 10 heteroatoms. The maximum Gasteiger partial charge on any atom is 0.411 e. The van der Waals surface area contributed by atoms with E-state index in [1.807, 2.05) is 6.07 Å². The fourth-order valence-corrected chi connectivity index (χ4v) is 2.96. The van der Waals surface area contributed by atoms with Crippen LogP contribution in [-0.4, -0.2) is 33.0 Å². The molecule has 1 heterocycles. The fraction of sp³-hybridized carbons (Fsp3) is 0.368. The van der Waals surface area contributed by atoms with E-state index < -0.39 is 31.3 Å². The van der Waals surface area contributed by atoms with Crippen molar-refractivity contribution in [2.75, 3.05) is 20.8 Å². The third kappa shape index (κ3) is 5.00. The summed E-state index contributed by atoms with van der Waals surface area (Å²) in [6, 6.07) is 6.49. The van der Waals surface area contributed by atoms with E-state index in [0.29, 0.717) is 16.9 Å². The van der Waals surface area contributed by atoms with Gasteiger partial charge < -0.3 is 24.7 Å². The Kier molecular flexibility index (Phi) is 6.76. The highest BCUT2D eigenvalue weighted by molar-refractivity contribution is 5.92. The van der Waals surface area contributed by atoms with E-state index >= 15 is 0 Å². The molecular weight excluding hydrogens is 393 g/mol. The second-order valence-corrected chi connectivity index (χ2v) is 6.07. The molecule has 0 saturated carbocycles. The minimum atomic E-state index is -4.48. The lowest BCUT2D eigenvalue weighted by atomic mass is 9.82. The highest BCUT2D eigenvalue weighted by Gasteiger charge is 2.36. The Bertz CT molecular complexity index is 900. The van der Waals surface area contributed by atoms with Crippen LogP contribution in [0, 0.1) is 11.3 Å². The van der Waals surface area contributed by atoms with E-state index in [1.54, 1.807) is 6.07 Å². The summed E-state index contributed by atoms with van der Waals surface area (Å²) in [6.45, 7) is -0.325. The average Bonchev–Trinajstić information content (AvgIpc) is 2.65. The topological polar surface area (TPSA) is 104 Å². The first-order valence-electron chi connectivity index (χ1n) is 8.30. The van der Waals surface area contributed by atoms with Crippen molar-refractivity contribution in [3.63, 3.8) is 0 Å². The molecule has 156 valence electrons. The van der Waals surface area contributed by atoms with Gasteiger partial charge in [0.25, 0.3) is 0 Å². The minimum Gasteiger partial charge on any atom is -0.496 e. The number of carbonyl (C=O) groups is 1.